The molecule has 1 saturated carbocycles. The van der Waals surface area contributed by atoms with E-state index in [0.29, 0.717) is 5.75 Å². The predicted octanol–water partition coefficient (Wildman–Crippen LogP) is 2.50. The highest BCUT2D eigenvalue weighted by Gasteiger charge is 2.34. The number of phenols is 1. The van der Waals surface area contributed by atoms with Crippen molar-refractivity contribution in [2.45, 2.75) is 44.1 Å². The molecule has 2 aliphatic rings. The fourth-order valence-electron chi connectivity index (χ4n) is 3.48. The van der Waals surface area contributed by atoms with Crippen LogP contribution in [0, 0.1) is 0 Å². The van der Waals surface area contributed by atoms with Crippen LogP contribution < -0.4 is 10.6 Å². The summed E-state index contributed by atoms with van der Waals surface area (Å²) in [5.41, 5.74) is 9.45. The van der Waals surface area contributed by atoms with Crippen LogP contribution in [0.4, 0.5) is 5.69 Å². The number of anilines is 1. The lowest BCUT2D eigenvalue weighted by atomic mass is 9.76. The molecular formula is C15H22N2O. The van der Waals surface area contributed by atoms with Crippen molar-refractivity contribution in [3.63, 3.8) is 0 Å². The van der Waals surface area contributed by atoms with Gasteiger partial charge in [-0.2, -0.15) is 0 Å². The highest BCUT2D eigenvalue weighted by molar-refractivity contribution is 5.65. The molecule has 18 heavy (non-hydrogen) atoms. The number of phenolic OH excluding ortho intramolecular Hbond substituents is 1. The lowest BCUT2D eigenvalue weighted by molar-refractivity contribution is 0.291. The van der Waals surface area contributed by atoms with Crippen LogP contribution in [-0.4, -0.2) is 18.7 Å². The summed E-state index contributed by atoms with van der Waals surface area (Å²) in [5, 5.41) is 10.5. The molecule has 1 fully saturated rings. The van der Waals surface area contributed by atoms with Crippen LogP contribution in [-0.2, 0) is 12.0 Å². The first-order valence-electron chi connectivity index (χ1n) is 6.97. The number of nitrogens with zero attached hydrogens (tertiary/aromatic N) is 1. The van der Waals surface area contributed by atoms with Crippen LogP contribution in [0.1, 0.15) is 43.2 Å². The smallest absolute Gasteiger partial charge is 0.125 e. The minimum Gasteiger partial charge on any atom is -0.507 e. The molecule has 0 bridgehead atoms. The molecule has 1 aliphatic heterocycles. The third-order valence-corrected chi connectivity index (χ3v) is 4.65. The summed E-state index contributed by atoms with van der Waals surface area (Å²) in [5.74, 6) is 0.459. The van der Waals surface area contributed by atoms with Crippen molar-refractivity contribution in [1.29, 1.82) is 0 Å². The normalized spacial score (nSPS) is 22.0. The van der Waals surface area contributed by atoms with E-state index in [1.54, 1.807) is 0 Å². The highest BCUT2D eigenvalue weighted by atomic mass is 16.3. The second-order valence-electron chi connectivity index (χ2n) is 5.85. The molecule has 0 spiro atoms. The van der Waals surface area contributed by atoms with Crippen LogP contribution >= 0.6 is 0 Å². The van der Waals surface area contributed by atoms with E-state index in [2.05, 4.69) is 18.0 Å². The Morgan fingerprint density at radius 2 is 1.94 bits per heavy atom. The quantitative estimate of drug-likeness (QED) is 0.800. The zero-order valence-corrected chi connectivity index (χ0v) is 11.1. The Hall–Kier alpha value is -1.22. The first-order chi connectivity index (χ1) is 8.62. The first-order valence-corrected chi connectivity index (χ1v) is 6.97. The van der Waals surface area contributed by atoms with Gasteiger partial charge in [0.2, 0.25) is 0 Å². The van der Waals surface area contributed by atoms with Crippen molar-refractivity contribution in [1.82, 2.24) is 0 Å². The Labute approximate surface area is 109 Å². The van der Waals surface area contributed by atoms with Crippen LogP contribution in [0.25, 0.3) is 0 Å². The minimum atomic E-state index is -0.307. The lowest BCUT2D eigenvalue weighted by Gasteiger charge is -2.35. The van der Waals surface area contributed by atoms with Crippen molar-refractivity contribution in [3.05, 3.63) is 23.3 Å². The van der Waals surface area contributed by atoms with Crippen LogP contribution in [0.3, 0.4) is 0 Å². The molecule has 3 N–H and O–H groups in total. The predicted molar refractivity (Wildman–Crippen MR) is 74.0 cm³/mol. The maximum Gasteiger partial charge on any atom is 0.125 e. The molecule has 0 radical (unpaired) electrons. The van der Waals surface area contributed by atoms with Gasteiger partial charge in [-0.25, -0.2) is 0 Å². The molecular weight excluding hydrogens is 224 g/mol. The van der Waals surface area contributed by atoms with Gasteiger partial charge in [0.05, 0.1) is 0 Å². The molecule has 3 rings (SSSR count). The third-order valence-electron chi connectivity index (χ3n) is 4.65. The molecule has 98 valence electrons. The third kappa shape index (κ3) is 1.69. The van der Waals surface area contributed by atoms with Gasteiger partial charge in [0.15, 0.2) is 0 Å². The van der Waals surface area contributed by atoms with E-state index in [9.17, 15) is 5.11 Å². The largest absolute Gasteiger partial charge is 0.507 e. The molecule has 0 aromatic heterocycles. The van der Waals surface area contributed by atoms with Crippen molar-refractivity contribution in [3.8, 4) is 5.75 Å². The van der Waals surface area contributed by atoms with Gasteiger partial charge in [-0.15, -0.1) is 0 Å². The summed E-state index contributed by atoms with van der Waals surface area (Å²) >= 11 is 0. The summed E-state index contributed by atoms with van der Waals surface area (Å²) in [6.07, 6.45) is 6.54. The minimum absolute atomic E-state index is 0.307. The summed E-state index contributed by atoms with van der Waals surface area (Å²) in [6.45, 7) is 0.990. The number of fused-ring (bicyclic) bond motifs is 1. The number of likely N-dealkylation sites (N-methyl/N-ethyl adjacent to an activating group) is 1. The Kier molecular flexibility index (Phi) is 2.74. The summed E-state index contributed by atoms with van der Waals surface area (Å²) in [4.78, 5) is 2.20. The average Bonchev–Trinajstić information content (AvgIpc) is 2.73. The Balaban J connectivity index is 2.03. The molecule has 1 aliphatic carbocycles. The second-order valence-corrected chi connectivity index (χ2v) is 5.85. The zero-order chi connectivity index (χ0) is 12.8. The second kappa shape index (κ2) is 4.16. The number of hydrogen-bond donors (Lipinski definition) is 2. The van der Waals surface area contributed by atoms with Gasteiger partial charge in [0.1, 0.15) is 5.75 Å². The number of nitrogens with two attached hydrogens (primary N) is 1. The number of aromatic hydroxyl groups is 1. The van der Waals surface area contributed by atoms with E-state index >= 15 is 0 Å². The van der Waals surface area contributed by atoms with Gasteiger partial charge in [-0.05, 0) is 25.3 Å². The Morgan fingerprint density at radius 1 is 1.22 bits per heavy atom. The number of rotatable bonds is 1. The summed E-state index contributed by atoms with van der Waals surface area (Å²) in [6, 6.07) is 4.17. The summed E-state index contributed by atoms with van der Waals surface area (Å²) in [7, 11) is 2.07. The molecule has 1 aromatic carbocycles. The molecule has 3 nitrogen and oxygen atoms in total. The van der Waals surface area contributed by atoms with E-state index in [1.807, 2.05) is 6.07 Å². The standard InChI is InChI=1S/C15H22N2O/c1-17-10-7-11-13(17)6-5-12(14(11)18)15(16)8-3-2-4-9-15/h5-6,18H,2-4,7-10,16H2,1H3. The summed E-state index contributed by atoms with van der Waals surface area (Å²) < 4.78 is 0. The number of hydrogen-bond acceptors (Lipinski definition) is 3. The van der Waals surface area contributed by atoms with Crippen LogP contribution in [0.5, 0.6) is 5.75 Å². The monoisotopic (exact) mass is 246 g/mol. The van der Waals surface area contributed by atoms with E-state index in [-0.39, 0.29) is 5.54 Å². The van der Waals surface area contributed by atoms with Gasteiger partial charge in [-0.1, -0.05) is 25.3 Å². The maximum absolute atomic E-state index is 10.5. The van der Waals surface area contributed by atoms with Gasteiger partial charge in [0, 0.05) is 35.9 Å². The molecule has 0 unspecified atom stereocenters. The SMILES string of the molecule is CN1CCc2c1ccc(C1(N)CCCCC1)c2O. The highest BCUT2D eigenvalue weighted by Crippen LogP contribution is 2.44. The topological polar surface area (TPSA) is 49.5 Å². The zero-order valence-electron chi connectivity index (χ0n) is 11.1. The molecule has 1 heterocycles. The van der Waals surface area contributed by atoms with E-state index in [4.69, 9.17) is 5.73 Å². The van der Waals surface area contributed by atoms with Gasteiger partial charge in [-0.3, -0.25) is 0 Å². The van der Waals surface area contributed by atoms with E-state index in [0.717, 1.165) is 42.6 Å². The number of benzene rings is 1. The van der Waals surface area contributed by atoms with Crippen molar-refractivity contribution in [2.75, 3.05) is 18.5 Å². The van der Waals surface area contributed by atoms with Crippen molar-refractivity contribution < 1.29 is 5.11 Å². The van der Waals surface area contributed by atoms with Crippen molar-refractivity contribution in [2.24, 2.45) is 5.73 Å². The first kappa shape index (κ1) is 11.8. The molecule has 3 heteroatoms. The van der Waals surface area contributed by atoms with Gasteiger partial charge in [0.25, 0.3) is 0 Å². The molecule has 0 saturated heterocycles. The Bertz CT molecular complexity index is 464. The molecule has 1 aromatic rings. The molecule has 0 atom stereocenters. The van der Waals surface area contributed by atoms with E-state index < -0.39 is 0 Å². The van der Waals surface area contributed by atoms with Crippen LogP contribution in [0.2, 0.25) is 0 Å². The Morgan fingerprint density at radius 3 is 2.67 bits per heavy atom. The average molecular weight is 246 g/mol. The van der Waals surface area contributed by atoms with Gasteiger partial charge >= 0.3 is 0 Å². The fraction of sp³-hybridized carbons (Fsp3) is 0.600. The fourth-order valence-corrected chi connectivity index (χ4v) is 3.48. The van der Waals surface area contributed by atoms with Gasteiger partial charge < -0.3 is 15.7 Å². The van der Waals surface area contributed by atoms with Crippen LogP contribution in [0.15, 0.2) is 12.1 Å². The molecule has 0 amide bonds. The van der Waals surface area contributed by atoms with Crippen molar-refractivity contribution >= 4 is 5.69 Å². The lowest BCUT2D eigenvalue weighted by Crippen LogP contribution is -2.38. The van der Waals surface area contributed by atoms with E-state index in [1.165, 1.54) is 19.3 Å². The maximum atomic E-state index is 10.5.